The Morgan fingerprint density at radius 2 is 2.13 bits per heavy atom. The summed E-state index contributed by atoms with van der Waals surface area (Å²) in [7, 11) is 2.06. The summed E-state index contributed by atoms with van der Waals surface area (Å²) in [5, 5.41) is 8.86. The van der Waals surface area contributed by atoms with Gasteiger partial charge >= 0.3 is 0 Å². The molecule has 0 aromatic carbocycles. The first kappa shape index (κ1) is 12.9. The third-order valence-corrected chi connectivity index (χ3v) is 3.83. The molecule has 1 rings (SSSR count). The highest BCUT2D eigenvalue weighted by atomic mass is 16.3. The fourth-order valence-corrected chi connectivity index (χ4v) is 2.67. The third-order valence-electron chi connectivity index (χ3n) is 3.83. The van der Waals surface area contributed by atoms with E-state index in [-0.39, 0.29) is 12.0 Å². The van der Waals surface area contributed by atoms with Crippen molar-refractivity contribution in [1.82, 2.24) is 4.90 Å². The second kappa shape index (κ2) is 5.28. The van der Waals surface area contributed by atoms with Gasteiger partial charge in [-0.3, -0.25) is 0 Å². The SMILES string of the molecule is CN(CCO)CC1CCCC(C)(C)C1N. The standard InChI is InChI=1S/C12H26N2O/c1-12(2)6-4-5-10(11(12)13)9-14(3)7-8-15/h10-11,15H,4-9,13H2,1-3H3. The van der Waals surface area contributed by atoms with E-state index in [0.717, 1.165) is 13.1 Å². The van der Waals surface area contributed by atoms with Crippen molar-refractivity contribution < 1.29 is 5.11 Å². The molecule has 0 amide bonds. The second-order valence-corrected chi connectivity index (χ2v) is 5.65. The van der Waals surface area contributed by atoms with Gasteiger partial charge in [0.2, 0.25) is 0 Å². The highest BCUT2D eigenvalue weighted by Crippen LogP contribution is 2.37. The molecule has 15 heavy (non-hydrogen) atoms. The number of hydrogen-bond donors (Lipinski definition) is 2. The Morgan fingerprint density at radius 1 is 1.47 bits per heavy atom. The van der Waals surface area contributed by atoms with E-state index in [4.69, 9.17) is 10.8 Å². The van der Waals surface area contributed by atoms with Crippen LogP contribution in [0.4, 0.5) is 0 Å². The first-order valence-electron chi connectivity index (χ1n) is 6.02. The molecule has 1 saturated carbocycles. The molecular weight excluding hydrogens is 188 g/mol. The minimum Gasteiger partial charge on any atom is -0.395 e. The Labute approximate surface area is 93.6 Å². The van der Waals surface area contributed by atoms with Crippen LogP contribution >= 0.6 is 0 Å². The van der Waals surface area contributed by atoms with Crippen LogP contribution in [0.1, 0.15) is 33.1 Å². The van der Waals surface area contributed by atoms with Crippen LogP contribution in [0.3, 0.4) is 0 Å². The number of likely N-dealkylation sites (N-methyl/N-ethyl adjacent to an activating group) is 1. The average Bonchev–Trinajstić information content (AvgIpc) is 2.13. The minimum absolute atomic E-state index is 0.238. The second-order valence-electron chi connectivity index (χ2n) is 5.65. The van der Waals surface area contributed by atoms with E-state index in [1.54, 1.807) is 0 Å². The van der Waals surface area contributed by atoms with Gasteiger partial charge in [-0.15, -0.1) is 0 Å². The molecule has 0 aromatic heterocycles. The van der Waals surface area contributed by atoms with Crippen LogP contribution in [0.2, 0.25) is 0 Å². The number of rotatable bonds is 4. The maximum atomic E-state index is 8.86. The van der Waals surface area contributed by atoms with E-state index < -0.39 is 0 Å². The van der Waals surface area contributed by atoms with Crippen LogP contribution in [0.5, 0.6) is 0 Å². The van der Waals surface area contributed by atoms with Gasteiger partial charge in [0.25, 0.3) is 0 Å². The van der Waals surface area contributed by atoms with Crippen LogP contribution in [-0.4, -0.2) is 42.8 Å². The summed E-state index contributed by atoms with van der Waals surface area (Å²) in [5.41, 5.74) is 6.59. The Balaban J connectivity index is 2.47. The van der Waals surface area contributed by atoms with E-state index in [2.05, 4.69) is 25.8 Å². The molecule has 0 aliphatic heterocycles. The maximum absolute atomic E-state index is 8.86. The van der Waals surface area contributed by atoms with Gasteiger partial charge in [0.05, 0.1) is 6.61 Å². The summed E-state index contributed by atoms with van der Waals surface area (Å²) in [4.78, 5) is 2.19. The van der Waals surface area contributed by atoms with Crippen molar-refractivity contribution >= 4 is 0 Å². The number of aliphatic hydroxyl groups excluding tert-OH is 1. The van der Waals surface area contributed by atoms with Crippen LogP contribution in [0.15, 0.2) is 0 Å². The Hall–Kier alpha value is -0.120. The predicted octanol–water partition coefficient (Wildman–Crippen LogP) is 1.06. The number of aliphatic hydroxyl groups is 1. The average molecular weight is 214 g/mol. The van der Waals surface area contributed by atoms with Crippen molar-refractivity contribution in [3.05, 3.63) is 0 Å². The summed E-state index contributed by atoms with van der Waals surface area (Å²) in [6, 6.07) is 0.299. The monoisotopic (exact) mass is 214 g/mol. The largest absolute Gasteiger partial charge is 0.395 e. The summed E-state index contributed by atoms with van der Waals surface area (Å²) in [6.45, 7) is 6.56. The Kier molecular flexibility index (Phi) is 4.56. The fourth-order valence-electron chi connectivity index (χ4n) is 2.67. The van der Waals surface area contributed by atoms with Gasteiger partial charge in [-0.25, -0.2) is 0 Å². The predicted molar refractivity (Wildman–Crippen MR) is 63.7 cm³/mol. The van der Waals surface area contributed by atoms with E-state index >= 15 is 0 Å². The van der Waals surface area contributed by atoms with Crippen LogP contribution < -0.4 is 5.73 Å². The molecule has 3 N–H and O–H groups in total. The molecular formula is C12H26N2O. The highest BCUT2D eigenvalue weighted by molar-refractivity contribution is 4.92. The van der Waals surface area contributed by atoms with E-state index in [1.165, 1.54) is 19.3 Å². The molecule has 3 heteroatoms. The van der Waals surface area contributed by atoms with Gasteiger partial charge < -0.3 is 15.7 Å². The fraction of sp³-hybridized carbons (Fsp3) is 1.00. The molecule has 1 fully saturated rings. The van der Waals surface area contributed by atoms with Gasteiger partial charge in [-0.2, -0.15) is 0 Å². The van der Waals surface area contributed by atoms with Crippen molar-refractivity contribution in [2.75, 3.05) is 26.7 Å². The zero-order valence-electron chi connectivity index (χ0n) is 10.4. The Morgan fingerprint density at radius 3 is 2.73 bits per heavy atom. The zero-order valence-corrected chi connectivity index (χ0v) is 10.4. The van der Waals surface area contributed by atoms with Crippen LogP contribution in [0.25, 0.3) is 0 Å². The normalized spacial score (nSPS) is 30.8. The number of hydrogen-bond acceptors (Lipinski definition) is 3. The van der Waals surface area contributed by atoms with Gasteiger partial charge in [-0.05, 0) is 31.2 Å². The van der Waals surface area contributed by atoms with Crippen molar-refractivity contribution in [2.24, 2.45) is 17.1 Å². The molecule has 1 aliphatic carbocycles. The minimum atomic E-state index is 0.238. The summed E-state index contributed by atoms with van der Waals surface area (Å²) >= 11 is 0. The van der Waals surface area contributed by atoms with Gasteiger partial charge in [0.15, 0.2) is 0 Å². The molecule has 0 heterocycles. The molecule has 0 aromatic rings. The summed E-state index contributed by atoms with van der Waals surface area (Å²) in [6.07, 6.45) is 3.77. The van der Waals surface area contributed by atoms with E-state index in [0.29, 0.717) is 12.0 Å². The van der Waals surface area contributed by atoms with Crippen molar-refractivity contribution in [1.29, 1.82) is 0 Å². The van der Waals surface area contributed by atoms with Gasteiger partial charge in [-0.1, -0.05) is 20.3 Å². The molecule has 0 spiro atoms. The quantitative estimate of drug-likeness (QED) is 0.736. The number of nitrogens with two attached hydrogens (primary N) is 1. The third kappa shape index (κ3) is 3.44. The van der Waals surface area contributed by atoms with E-state index in [9.17, 15) is 0 Å². The molecule has 0 radical (unpaired) electrons. The van der Waals surface area contributed by atoms with Crippen molar-refractivity contribution in [2.45, 2.75) is 39.2 Å². The highest BCUT2D eigenvalue weighted by Gasteiger charge is 2.36. The smallest absolute Gasteiger partial charge is 0.0558 e. The van der Waals surface area contributed by atoms with Gasteiger partial charge in [0.1, 0.15) is 0 Å². The molecule has 90 valence electrons. The molecule has 1 aliphatic rings. The summed E-state index contributed by atoms with van der Waals surface area (Å²) < 4.78 is 0. The Bertz CT molecular complexity index is 194. The topological polar surface area (TPSA) is 49.5 Å². The molecule has 2 atom stereocenters. The van der Waals surface area contributed by atoms with Crippen molar-refractivity contribution in [3.63, 3.8) is 0 Å². The lowest BCUT2D eigenvalue weighted by Gasteiger charge is -2.43. The van der Waals surface area contributed by atoms with Gasteiger partial charge in [0, 0.05) is 19.1 Å². The lowest BCUT2D eigenvalue weighted by Crippen LogP contribution is -2.50. The number of nitrogens with zero attached hydrogens (tertiary/aromatic N) is 1. The summed E-state index contributed by atoms with van der Waals surface area (Å²) in [5.74, 6) is 0.588. The lowest BCUT2D eigenvalue weighted by atomic mass is 9.68. The maximum Gasteiger partial charge on any atom is 0.0558 e. The van der Waals surface area contributed by atoms with Crippen molar-refractivity contribution in [3.8, 4) is 0 Å². The molecule has 2 unspecified atom stereocenters. The van der Waals surface area contributed by atoms with Crippen LogP contribution in [-0.2, 0) is 0 Å². The lowest BCUT2D eigenvalue weighted by molar-refractivity contribution is 0.104. The zero-order chi connectivity index (χ0) is 11.5. The first-order valence-corrected chi connectivity index (χ1v) is 6.02. The first-order chi connectivity index (χ1) is 6.97. The molecule has 3 nitrogen and oxygen atoms in total. The van der Waals surface area contributed by atoms with Crippen LogP contribution in [0, 0.1) is 11.3 Å². The van der Waals surface area contributed by atoms with E-state index in [1.807, 2.05) is 0 Å². The molecule has 0 saturated heterocycles. The molecule has 0 bridgehead atoms.